The van der Waals surface area contributed by atoms with Gasteiger partial charge < -0.3 is 19.1 Å². The summed E-state index contributed by atoms with van der Waals surface area (Å²) in [6, 6.07) is 11.5. The molecule has 0 radical (unpaired) electrons. The van der Waals surface area contributed by atoms with Gasteiger partial charge in [-0.3, -0.25) is 9.59 Å². The number of carbonyl (C=O) groups is 2. The van der Waals surface area contributed by atoms with Crippen molar-refractivity contribution in [3.8, 4) is 0 Å². The van der Waals surface area contributed by atoms with Gasteiger partial charge in [0.2, 0.25) is 5.91 Å². The maximum Gasteiger partial charge on any atom is 0.253 e. The summed E-state index contributed by atoms with van der Waals surface area (Å²) < 4.78 is 5.95. The van der Waals surface area contributed by atoms with E-state index in [1.807, 2.05) is 54.2 Å². The Morgan fingerprint density at radius 1 is 1.07 bits per heavy atom. The molecule has 7 heteroatoms. The van der Waals surface area contributed by atoms with E-state index in [0.29, 0.717) is 31.7 Å². The van der Waals surface area contributed by atoms with Crippen LogP contribution < -0.4 is 0 Å². The number of furan rings is 1. The summed E-state index contributed by atoms with van der Waals surface area (Å²) in [5.74, 6) is 2.27. The Morgan fingerprint density at radius 2 is 1.77 bits per heavy atom. The highest BCUT2D eigenvalue weighted by atomic mass is 35.5. The summed E-state index contributed by atoms with van der Waals surface area (Å²) in [5.41, 5.74) is 1.85. The van der Waals surface area contributed by atoms with E-state index in [-0.39, 0.29) is 30.1 Å². The average molecular weight is 432 g/mol. The second-order valence-electron chi connectivity index (χ2n) is 8.34. The van der Waals surface area contributed by atoms with Gasteiger partial charge in [-0.1, -0.05) is 18.2 Å². The third-order valence-electron chi connectivity index (χ3n) is 5.85. The molecule has 3 heterocycles. The van der Waals surface area contributed by atoms with Gasteiger partial charge in [-0.2, -0.15) is 0 Å². The van der Waals surface area contributed by atoms with Gasteiger partial charge in [0, 0.05) is 49.6 Å². The lowest BCUT2D eigenvalue weighted by molar-refractivity contribution is -0.138. The van der Waals surface area contributed by atoms with Crippen molar-refractivity contribution in [3.05, 3.63) is 59.0 Å². The van der Waals surface area contributed by atoms with Crippen LogP contribution in [0.3, 0.4) is 0 Å². The van der Waals surface area contributed by atoms with Crippen LogP contribution in [0.4, 0.5) is 0 Å². The summed E-state index contributed by atoms with van der Waals surface area (Å²) in [4.78, 5) is 31.6. The fourth-order valence-electron chi connectivity index (χ4n) is 4.32. The van der Waals surface area contributed by atoms with E-state index < -0.39 is 0 Å². The maximum atomic E-state index is 13.1. The quantitative estimate of drug-likeness (QED) is 0.746. The van der Waals surface area contributed by atoms with Crippen LogP contribution in [0.5, 0.6) is 0 Å². The molecule has 2 aliphatic rings. The first-order chi connectivity index (χ1) is 14.0. The predicted molar refractivity (Wildman–Crippen MR) is 118 cm³/mol. The van der Waals surface area contributed by atoms with Gasteiger partial charge in [-0.15, -0.1) is 12.4 Å². The normalized spacial score (nSPS) is 16.9. The highest BCUT2D eigenvalue weighted by Crippen LogP contribution is 2.27. The topological polar surface area (TPSA) is 57.0 Å². The molecule has 0 unspecified atom stereocenters. The molecule has 2 amide bonds. The number of nitrogens with zero attached hydrogens (tertiary/aromatic N) is 3. The molecule has 1 saturated heterocycles. The molecule has 30 heavy (non-hydrogen) atoms. The number of hydrogen-bond donors (Lipinski definition) is 0. The first-order valence-corrected chi connectivity index (χ1v) is 10.4. The molecule has 0 saturated carbocycles. The largest absolute Gasteiger partial charge is 0.464 e. The number of fused-ring (bicyclic) bond motifs is 1. The van der Waals surface area contributed by atoms with Gasteiger partial charge in [0.05, 0.1) is 6.54 Å². The Bertz CT molecular complexity index is 873. The molecule has 0 aliphatic carbocycles. The van der Waals surface area contributed by atoms with Crippen LogP contribution in [-0.4, -0.2) is 60.2 Å². The van der Waals surface area contributed by atoms with Crippen LogP contribution in [0.25, 0.3) is 0 Å². The molecule has 0 atom stereocenters. The van der Waals surface area contributed by atoms with E-state index in [2.05, 4.69) is 11.0 Å². The minimum atomic E-state index is 0. The third kappa shape index (κ3) is 4.87. The number of halogens is 1. The fourth-order valence-corrected chi connectivity index (χ4v) is 4.32. The maximum absolute atomic E-state index is 13.1. The molecule has 2 aliphatic heterocycles. The van der Waals surface area contributed by atoms with Gasteiger partial charge >= 0.3 is 0 Å². The molecular formula is C23H30ClN3O3. The van der Waals surface area contributed by atoms with E-state index in [1.165, 1.54) is 0 Å². The molecule has 0 spiro atoms. The lowest BCUT2D eigenvalue weighted by atomic mass is 9.93. The molecule has 0 bridgehead atoms. The Kier molecular flexibility index (Phi) is 7.21. The average Bonchev–Trinajstić information content (AvgIpc) is 3.14. The number of carbonyl (C=O) groups excluding carboxylic acids is 2. The summed E-state index contributed by atoms with van der Waals surface area (Å²) in [6.45, 7) is 3.40. The molecule has 1 fully saturated rings. The van der Waals surface area contributed by atoms with Crippen LogP contribution in [0.2, 0.25) is 0 Å². The van der Waals surface area contributed by atoms with Gasteiger partial charge in [-0.05, 0) is 45.1 Å². The molecule has 0 N–H and O–H groups in total. The van der Waals surface area contributed by atoms with E-state index >= 15 is 0 Å². The van der Waals surface area contributed by atoms with Gasteiger partial charge in [0.1, 0.15) is 11.5 Å². The van der Waals surface area contributed by atoms with E-state index in [4.69, 9.17) is 4.42 Å². The molecule has 6 nitrogen and oxygen atoms in total. The van der Waals surface area contributed by atoms with Crippen molar-refractivity contribution in [1.82, 2.24) is 14.7 Å². The number of hydrogen-bond acceptors (Lipinski definition) is 4. The van der Waals surface area contributed by atoms with E-state index in [9.17, 15) is 9.59 Å². The minimum Gasteiger partial charge on any atom is -0.464 e. The van der Waals surface area contributed by atoms with Crippen LogP contribution in [0.1, 0.15) is 40.3 Å². The smallest absolute Gasteiger partial charge is 0.253 e. The van der Waals surface area contributed by atoms with Crippen LogP contribution in [0, 0.1) is 5.92 Å². The Hall–Kier alpha value is -2.31. The first kappa shape index (κ1) is 22.4. The lowest BCUT2D eigenvalue weighted by Gasteiger charge is -2.35. The number of amides is 2. The van der Waals surface area contributed by atoms with Crippen molar-refractivity contribution in [3.63, 3.8) is 0 Å². The molecule has 4 rings (SSSR count). The summed E-state index contributed by atoms with van der Waals surface area (Å²) in [6.07, 6.45) is 2.25. The monoisotopic (exact) mass is 431 g/mol. The molecule has 1 aromatic heterocycles. The number of rotatable bonds is 4. The van der Waals surface area contributed by atoms with Crippen molar-refractivity contribution < 1.29 is 14.0 Å². The second-order valence-corrected chi connectivity index (χ2v) is 8.34. The van der Waals surface area contributed by atoms with Crippen molar-refractivity contribution in [1.29, 1.82) is 0 Å². The third-order valence-corrected chi connectivity index (χ3v) is 5.85. The number of likely N-dealkylation sites (tertiary alicyclic amines) is 1. The van der Waals surface area contributed by atoms with Gasteiger partial charge in [0.25, 0.3) is 5.91 Å². The zero-order valence-electron chi connectivity index (χ0n) is 17.7. The SMILES string of the molecule is CN(C)Cc1cc2c(o1)CCN(C(=O)C1CCN(C(=O)c3ccccc3)CC1)C2.Cl. The number of benzene rings is 1. The van der Waals surface area contributed by atoms with Gasteiger partial charge in [0.15, 0.2) is 0 Å². The molecular weight excluding hydrogens is 402 g/mol. The second kappa shape index (κ2) is 9.67. The zero-order valence-corrected chi connectivity index (χ0v) is 18.5. The lowest BCUT2D eigenvalue weighted by Crippen LogP contribution is -2.45. The predicted octanol–water partition coefficient (Wildman–Crippen LogP) is 3.20. The molecule has 2 aromatic rings. The van der Waals surface area contributed by atoms with E-state index in [1.54, 1.807) is 0 Å². The number of piperidine rings is 1. The highest BCUT2D eigenvalue weighted by molar-refractivity contribution is 5.94. The first-order valence-electron chi connectivity index (χ1n) is 10.4. The zero-order chi connectivity index (χ0) is 20.4. The molecule has 1 aromatic carbocycles. The van der Waals surface area contributed by atoms with E-state index in [0.717, 1.165) is 42.9 Å². The van der Waals surface area contributed by atoms with Crippen molar-refractivity contribution in [2.45, 2.75) is 32.4 Å². The van der Waals surface area contributed by atoms with Crippen LogP contribution in [-0.2, 0) is 24.3 Å². The Labute approximate surface area is 184 Å². The summed E-state index contributed by atoms with van der Waals surface area (Å²) in [5, 5.41) is 0. The summed E-state index contributed by atoms with van der Waals surface area (Å²) in [7, 11) is 4.04. The Balaban J connectivity index is 0.00000256. The fraction of sp³-hybridized carbons (Fsp3) is 0.478. The van der Waals surface area contributed by atoms with Crippen molar-refractivity contribution in [2.24, 2.45) is 5.92 Å². The molecule has 162 valence electrons. The minimum absolute atomic E-state index is 0. The Morgan fingerprint density at radius 3 is 2.43 bits per heavy atom. The summed E-state index contributed by atoms with van der Waals surface area (Å²) >= 11 is 0. The van der Waals surface area contributed by atoms with Crippen LogP contribution in [0.15, 0.2) is 40.8 Å². The van der Waals surface area contributed by atoms with Crippen LogP contribution >= 0.6 is 12.4 Å². The van der Waals surface area contributed by atoms with Crippen molar-refractivity contribution in [2.75, 3.05) is 33.7 Å². The van der Waals surface area contributed by atoms with Crippen molar-refractivity contribution >= 4 is 24.2 Å². The van der Waals surface area contributed by atoms with Gasteiger partial charge in [-0.25, -0.2) is 0 Å². The standard InChI is InChI=1S/C23H29N3O3.ClH/c1-24(2)16-20-14-19-15-26(13-10-21(19)29-20)23(28)18-8-11-25(12-9-18)22(27)17-6-4-3-5-7-17;/h3-7,14,18H,8-13,15-16H2,1-2H3;1H. The highest BCUT2D eigenvalue weighted by Gasteiger charge is 2.32.